The molecule has 3 heteroatoms. The Morgan fingerprint density at radius 2 is 1.64 bits per heavy atom. The molecule has 0 radical (unpaired) electrons. The van der Waals surface area contributed by atoms with Crippen molar-refractivity contribution in [3.05, 3.63) is 6.42 Å². The van der Waals surface area contributed by atoms with E-state index in [2.05, 4.69) is 28.5 Å². The van der Waals surface area contributed by atoms with Gasteiger partial charge in [-0.25, -0.2) is 0 Å². The Kier molecular flexibility index (Phi) is 29.3. The second kappa shape index (κ2) is 17.6. The van der Waals surface area contributed by atoms with Crippen molar-refractivity contribution in [1.29, 1.82) is 0 Å². The van der Waals surface area contributed by atoms with E-state index in [1.165, 1.54) is 23.7 Å². The molecule has 0 saturated carbocycles. The van der Waals surface area contributed by atoms with Crippen LogP contribution >= 0.6 is 22.6 Å². The monoisotopic (exact) mass is 338 g/mol. The van der Waals surface area contributed by atoms with Crippen LogP contribution in [-0.2, 0) is 0 Å². The molecular formula is C8H12BrIMg. The van der Waals surface area contributed by atoms with Crippen LogP contribution in [0.25, 0.3) is 0 Å². The molecule has 0 aliphatic heterocycles. The van der Waals surface area contributed by atoms with Crippen LogP contribution in [0.3, 0.4) is 0 Å². The van der Waals surface area contributed by atoms with E-state index in [4.69, 9.17) is 6.42 Å². The van der Waals surface area contributed by atoms with E-state index in [0.717, 1.165) is 12.8 Å². The van der Waals surface area contributed by atoms with E-state index in [0.29, 0.717) is 0 Å². The van der Waals surface area contributed by atoms with E-state index in [1.807, 2.05) is 0 Å². The topological polar surface area (TPSA) is 0 Å². The molecule has 0 amide bonds. The SMILES string of the molecule is [Br-].[C-]#CCCCCCCI.[Mg+2]. The quantitative estimate of drug-likeness (QED) is 0.160. The Balaban J connectivity index is -0.000000320. The third-order valence-corrected chi connectivity index (χ3v) is 1.95. The van der Waals surface area contributed by atoms with E-state index in [9.17, 15) is 0 Å². The minimum Gasteiger partial charge on any atom is -1.00 e. The number of hydrogen-bond acceptors (Lipinski definition) is 0. The first-order valence-corrected chi connectivity index (χ1v) is 4.90. The third kappa shape index (κ3) is 18.5. The van der Waals surface area contributed by atoms with Crippen molar-refractivity contribution in [3.8, 4) is 5.92 Å². The summed E-state index contributed by atoms with van der Waals surface area (Å²) in [6.07, 6.45) is 12.6. The van der Waals surface area contributed by atoms with Crippen LogP contribution in [0.4, 0.5) is 0 Å². The van der Waals surface area contributed by atoms with Gasteiger partial charge >= 0.3 is 23.1 Å². The summed E-state index contributed by atoms with van der Waals surface area (Å²) >= 11 is 2.40. The van der Waals surface area contributed by atoms with Crippen LogP contribution in [0.5, 0.6) is 0 Å². The van der Waals surface area contributed by atoms with E-state index in [1.54, 1.807) is 0 Å². The van der Waals surface area contributed by atoms with Crippen molar-refractivity contribution >= 4 is 45.6 Å². The minimum atomic E-state index is 0. The average Bonchev–Trinajstić information content (AvgIpc) is 1.89. The van der Waals surface area contributed by atoms with Gasteiger partial charge in [0, 0.05) is 0 Å². The molecule has 0 unspecified atom stereocenters. The number of unbranched alkanes of at least 4 members (excludes halogenated alkanes) is 4. The molecule has 60 valence electrons. The summed E-state index contributed by atoms with van der Waals surface area (Å²) in [6, 6.07) is 0. The molecule has 0 heterocycles. The number of hydrogen-bond donors (Lipinski definition) is 0. The van der Waals surface area contributed by atoms with Gasteiger partial charge in [-0.1, -0.05) is 35.4 Å². The molecule has 0 aromatic rings. The average molecular weight is 339 g/mol. The molecule has 0 fully saturated rings. The predicted octanol–water partition coefficient (Wildman–Crippen LogP) is -0.415. The molecule has 0 spiro atoms. The molecule has 0 aromatic heterocycles. The summed E-state index contributed by atoms with van der Waals surface area (Å²) in [7, 11) is 0. The fraction of sp³-hybridized carbons (Fsp3) is 0.750. The van der Waals surface area contributed by atoms with Gasteiger partial charge in [0.15, 0.2) is 0 Å². The van der Waals surface area contributed by atoms with Crippen molar-refractivity contribution in [2.45, 2.75) is 32.1 Å². The van der Waals surface area contributed by atoms with Crippen LogP contribution in [-0.4, -0.2) is 27.5 Å². The molecule has 0 rings (SSSR count). The van der Waals surface area contributed by atoms with Gasteiger partial charge in [0.25, 0.3) is 0 Å². The van der Waals surface area contributed by atoms with Gasteiger partial charge in [0.05, 0.1) is 0 Å². The molecule has 0 bridgehead atoms. The molecule has 0 aliphatic rings. The fourth-order valence-corrected chi connectivity index (χ4v) is 1.20. The Hall–Kier alpha value is 1.54. The second-order valence-electron chi connectivity index (χ2n) is 2.03. The molecule has 0 atom stereocenters. The largest absolute Gasteiger partial charge is 2.00 e. The Labute approximate surface area is 110 Å². The van der Waals surface area contributed by atoms with Crippen molar-refractivity contribution in [3.63, 3.8) is 0 Å². The first-order chi connectivity index (χ1) is 4.41. The van der Waals surface area contributed by atoms with Gasteiger partial charge in [-0.2, -0.15) is 0 Å². The van der Waals surface area contributed by atoms with Crippen molar-refractivity contribution < 1.29 is 17.0 Å². The zero-order chi connectivity index (χ0) is 6.95. The normalized spacial score (nSPS) is 7.27. The zero-order valence-electron chi connectivity index (χ0n) is 6.71. The van der Waals surface area contributed by atoms with Gasteiger partial charge in [0.1, 0.15) is 0 Å². The van der Waals surface area contributed by atoms with Gasteiger partial charge in [-0.3, -0.25) is 0 Å². The predicted molar refractivity (Wildman–Crippen MR) is 54.9 cm³/mol. The number of alkyl halides is 1. The second-order valence-corrected chi connectivity index (χ2v) is 3.11. The van der Waals surface area contributed by atoms with Crippen LogP contribution in [0, 0.1) is 12.3 Å². The van der Waals surface area contributed by atoms with Crippen LogP contribution in [0.2, 0.25) is 0 Å². The first-order valence-electron chi connectivity index (χ1n) is 3.37. The Bertz CT molecular complexity index is 90.6. The summed E-state index contributed by atoms with van der Waals surface area (Å²) in [5.41, 5.74) is 0. The van der Waals surface area contributed by atoms with Crippen molar-refractivity contribution in [1.82, 2.24) is 0 Å². The van der Waals surface area contributed by atoms with Gasteiger partial charge < -0.3 is 29.3 Å². The molecule has 0 aliphatic carbocycles. The summed E-state index contributed by atoms with van der Waals surface area (Å²) in [5.74, 6) is 2.39. The smallest absolute Gasteiger partial charge is 1.00 e. The van der Waals surface area contributed by atoms with E-state index >= 15 is 0 Å². The Morgan fingerprint density at radius 3 is 2.09 bits per heavy atom. The maximum atomic E-state index is 6.63. The van der Waals surface area contributed by atoms with Crippen molar-refractivity contribution in [2.75, 3.05) is 4.43 Å². The van der Waals surface area contributed by atoms with E-state index in [-0.39, 0.29) is 40.0 Å². The summed E-state index contributed by atoms with van der Waals surface area (Å²) < 4.78 is 1.27. The van der Waals surface area contributed by atoms with Gasteiger partial charge in [-0.15, -0.1) is 0 Å². The number of rotatable bonds is 5. The molecule has 0 nitrogen and oxygen atoms in total. The van der Waals surface area contributed by atoms with Crippen molar-refractivity contribution in [2.24, 2.45) is 0 Å². The number of halogens is 2. The maximum Gasteiger partial charge on any atom is 2.00 e. The first kappa shape index (κ1) is 18.3. The summed E-state index contributed by atoms with van der Waals surface area (Å²) in [6.45, 7) is 0. The molecule has 0 saturated heterocycles. The van der Waals surface area contributed by atoms with Crippen LogP contribution in [0.1, 0.15) is 32.1 Å². The third-order valence-electron chi connectivity index (χ3n) is 1.19. The zero-order valence-corrected chi connectivity index (χ0v) is 11.9. The molecule has 0 N–H and O–H groups in total. The summed E-state index contributed by atoms with van der Waals surface area (Å²) in [4.78, 5) is 0. The Morgan fingerprint density at radius 1 is 1.09 bits per heavy atom. The van der Waals surface area contributed by atoms with Crippen LogP contribution in [0.15, 0.2) is 0 Å². The van der Waals surface area contributed by atoms with Gasteiger partial charge in [0.2, 0.25) is 0 Å². The standard InChI is InChI=1S/C8H12I.BrH.Mg/c1-2-3-4-5-6-7-8-9;;/h3-8H2;1H;/q-1;;+2/p-1. The fourth-order valence-electron chi connectivity index (χ4n) is 0.661. The summed E-state index contributed by atoms with van der Waals surface area (Å²) in [5, 5.41) is 0. The maximum absolute atomic E-state index is 6.63. The molecular weight excluding hydrogens is 327 g/mol. The molecule has 11 heavy (non-hydrogen) atoms. The minimum absolute atomic E-state index is 0. The van der Waals surface area contributed by atoms with E-state index < -0.39 is 0 Å². The van der Waals surface area contributed by atoms with Gasteiger partial charge in [-0.05, 0) is 23.7 Å². The molecule has 0 aromatic carbocycles. The van der Waals surface area contributed by atoms with Crippen LogP contribution < -0.4 is 17.0 Å².